The van der Waals surface area contributed by atoms with Crippen molar-refractivity contribution < 1.29 is 10.2 Å². The van der Waals surface area contributed by atoms with Gasteiger partial charge in [-0.15, -0.1) is 0 Å². The fraction of sp³-hybridized carbons (Fsp3) is 0.515. The van der Waals surface area contributed by atoms with E-state index in [0.29, 0.717) is 23.3 Å². The number of fused-ring (bicyclic) bond motifs is 1. The summed E-state index contributed by atoms with van der Waals surface area (Å²) in [5.41, 5.74) is 1.60. The maximum Gasteiger partial charge on any atom is 0.116 e. The summed E-state index contributed by atoms with van der Waals surface area (Å²) in [5, 5.41) is 20.7. The normalized spacial score (nSPS) is 10.9. The van der Waals surface area contributed by atoms with Crippen LogP contribution in [0.25, 0.3) is 10.8 Å². The van der Waals surface area contributed by atoms with Gasteiger partial charge in [-0.1, -0.05) is 131 Å². The van der Waals surface area contributed by atoms with Gasteiger partial charge in [-0.25, -0.2) is 0 Å². The van der Waals surface area contributed by atoms with E-state index in [1.54, 1.807) is 24.3 Å². The summed E-state index contributed by atoms with van der Waals surface area (Å²) >= 11 is 0. The Hall–Kier alpha value is -2.48. The number of aromatic hydroxyl groups is 2. The second kappa shape index (κ2) is 19.8. The number of hydrogen-bond donors (Lipinski definition) is 2. The van der Waals surface area contributed by atoms with Crippen molar-refractivity contribution in [2.45, 2.75) is 101 Å². The van der Waals surface area contributed by atoms with Gasteiger partial charge in [0.1, 0.15) is 11.5 Å². The predicted molar refractivity (Wildman–Crippen MR) is 159 cm³/mol. The van der Waals surface area contributed by atoms with Gasteiger partial charge in [0, 0.05) is 0 Å². The molecule has 1 unspecified atom stereocenters. The maximum atomic E-state index is 9.32. The molecule has 0 amide bonds. The van der Waals surface area contributed by atoms with Crippen molar-refractivity contribution in [2.24, 2.45) is 11.3 Å². The molecule has 0 heterocycles. The molecule has 0 bridgehead atoms. The highest BCUT2D eigenvalue weighted by Gasteiger charge is 2.26. The smallest absolute Gasteiger partial charge is 0.116 e. The molecule has 1 atom stereocenters. The van der Waals surface area contributed by atoms with Crippen LogP contribution in [0.15, 0.2) is 66.7 Å². The van der Waals surface area contributed by atoms with Gasteiger partial charge in [-0.3, -0.25) is 0 Å². The summed E-state index contributed by atoms with van der Waals surface area (Å²) in [4.78, 5) is 0. The van der Waals surface area contributed by atoms with E-state index in [1.807, 2.05) is 70.2 Å². The standard InChI is InChI=1S/C15H24O.C10H8O.C4H10.2C2H6/c1-11(2)10-14(15(3,4)5)12-6-8-13(16)9-7-12;11-10-6-5-8-3-1-2-4-9(8)7-10;1-3-4-2;2*1-2/h6-9,11,14,16H,10H2,1-5H3;1-7,11H;3-4H2,1-2H3;2*1-2H3. The Morgan fingerprint density at radius 2 is 1.11 bits per heavy atom. The first kappa shape index (κ1) is 34.7. The highest BCUT2D eigenvalue weighted by Crippen LogP contribution is 2.40. The monoisotopic (exact) mass is 482 g/mol. The largest absolute Gasteiger partial charge is 0.508 e. The molecule has 3 aromatic carbocycles. The zero-order valence-electron chi connectivity index (χ0n) is 24.5. The lowest BCUT2D eigenvalue weighted by molar-refractivity contribution is 0.280. The highest BCUT2D eigenvalue weighted by molar-refractivity contribution is 5.83. The van der Waals surface area contributed by atoms with Gasteiger partial charge in [-0.2, -0.15) is 0 Å². The lowest BCUT2D eigenvalue weighted by Crippen LogP contribution is -2.20. The van der Waals surface area contributed by atoms with Gasteiger partial charge < -0.3 is 10.2 Å². The Kier molecular flexibility index (Phi) is 19.6. The number of phenolic OH excluding ortho intramolecular Hbond substituents is 2. The van der Waals surface area contributed by atoms with Crippen LogP contribution in [0.3, 0.4) is 0 Å². The first-order chi connectivity index (χ1) is 16.6. The van der Waals surface area contributed by atoms with Crippen LogP contribution in [-0.2, 0) is 0 Å². The molecule has 3 rings (SSSR count). The molecule has 0 aromatic heterocycles. The van der Waals surface area contributed by atoms with Crippen LogP contribution in [0.1, 0.15) is 107 Å². The van der Waals surface area contributed by atoms with E-state index >= 15 is 0 Å². The summed E-state index contributed by atoms with van der Waals surface area (Å²) in [7, 11) is 0. The average Bonchev–Trinajstić information content (AvgIpc) is 2.85. The van der Waals surface area contributed by atoms with E-state index in [0.717, 1.165) is 10.8 Å². The second-order valence-corrected chi connectivity index (χ2v) is 9.67. The summed E-state index contributed by atoms with van der Waals surface area (Å²) in [6, 6.07) is 21.0. The van der Waals surface area contributed by atoms with Crippen molar-refractivity contribution in [1.82, 2.24) is 0 Å². The molecular weight excluding hydrogens is 428 g/mol. The Morgan fingerprint density at radius 1 is 0.657 bits per heavy atom. The third kappa shape index (κ3) is 15.2. The van der Waals surface area contributed by atoms with Gasteiger partial charge in [0.15, 0.2) is 0 Å². The molecule has 198 valence electrons. The molecule has 0 saturated carbocycles. The van der Waals surface area contributed by atoms with Gasteiger partial charge in [0.05, 0.1) is 0 Å². The average molecular weight is 483 g/mol. The molecule has 2 nitrogen and oxygen atoms in total. The molecule has 0 aliphatic rings. The van der Waals surface area contributed by atoms with Gasteiger partial charge in [0.25, 0.3) is 0 Å². The number of rotatable bonds is 4. The minimum atomic E-state index is 0.265. The van der Waals surface area contributed by atoms with Crippen LogP contribution in [0.2, 0.25) is 0 Å². The molecule has 0 radical (unpaired) electrons. The molecular formula is C33H54O2. The fourth-order valence-electron chi connectivity index (χ4n) is 3.34. The first-order valence-electron chi connectivity index (χ1n) is 13.5. The second-order valence-electron chi connectivity index (χ2n) is 9.67. The quantitative estimate of drug-likeness (QED) is 0.388. The molecule has 0 saturated heterocycles. The minimum Gasteiger partial charge on any atom is -0.508 e. The lowest BCUT2D eigenvalue weighted by Gasteiger charge is -2.32. The van der Waals surface area contributed by atoms with Crippen LogP contribution in [0, 0.1) is 11.3 Å². The SMILES string of the molecule is CC.CC.CC(C)CC(c1ccc(O)cc1)C(C)(C)C.CCCC.Oc1ccc2ccccc2c1. The fourth-order valence-corrected chi connectivity index (χ4v) is 3.34. The third-order valence-corrected chi connectivity index (χ3v) is 5.28. The van der Waals surface area contributed by atoms with Crippen LogP contribution >= 0.6 is 0 Å². The minimum absolute atomic E-state index is 0.265. The van der Waals surface area contributed by atoms with Crippen molar-refractivity contribution in [3.8, 4) is 11.5 Å². The Labute approximate surface area is 217 Å². The Morgan fingerprint density at radius 3 is 1.54 bits per heavy atom. The van der Waals surface area contributed by atoms with Crippen LogP contribution in [0.5, 0.6) is 11.5 Å². The Balaban J connectivity index is 0. The van der Waals surface area contributed by atoms with E-state index < -0.39 is 0 Å². The molecule has 35 heavy (non-hydrogen) atoms. The molecule has 0 aliphatic heterocycles. The number of unbranched alkanes of at least 4 members (excludes halogenated alkanes) is 1. The van der Waals surface area contributed by atoms with E-state index in [2.05, 4.69) is 48.5 Å². The molecule has 0 fully saturated rings. The molecule has 2 N–H and O–H groups in total. The summed E-state index contributed by atoms with van der Waals surface area (Å²) in [6.45, 7) is 23.7. The lowest BCUT2D eigenvalue weighted by atomic mass is 9.72. The molecule has 2 heteroatoms. The van der Waals surface area contributed by atoms with Crippen molar-refractivity contribution in [2.75, 3.05) is 0 Å². The summed E-state index contributed by atoms with van der Waals surface area (Å²) in [5.74, 6) is 1.91. The predicted octanol–water partition coefficient (Wildman–Crippen LogP) is 11.0. The van der Waals surface area contributed by atoms with E-state index in [4.69, 9.17) is 5.11 Å². The highest BCUT2D eigenvalue weighted by atomic mass is 16.3. The van der Waals surface area contributed by atoms with E-state index in [-0.39, 0.29) is 5.41 Å². The number of phenols is 2. The molecule has 0 aliphatic carbocycles. The number of hydrogen-bond acceptors (Lipinski definition) is 2. The van der Waals surface area contributed by atoms with Crippen LogP contribution in [0.4, 0.5) is 0 Å². The topological polar surface area (TPSA) is 40.5 Å². The molecule has 3 aromatic rings. The summed E-state index contributed by atoms with van der Waals surface area (Å²) < 4.78 is 0. The number of benzene rings is 3. The van der Waals surface area contributed by atoms with Crippen molar-refractivity contribution in [3.63, 3.8) is 0 Å². The van der Waals surface area contributed by atoms with Crippen molar-refractivity contribution in [1.29, 1.82) is 0 Å². The maximum absolute atomic E-state index is 9.32. The first-order valence-corrected chi connectivity index (χ1v) is 13.5. The van der Waals surface area contributed by atoms with E-state index in [1.165, 1.54) is 24.8 Å². The van der Waals surface area contributed by atoms with Gasteiger partial charge in [-0.05, 0) is 64.3 Å². The third-order valence-electron chi connectivity index (χ3n) is 5.28. The van der Waals surface area contributed by atoms with Crippen molar-refractivity contribution >= 4 is 10.8 Å². The van der Waals surface area contributed by atoms with Gasteiger partial charge in [0.2, 0.25) is 0 Å². The Bertz CT molecular complexity index is 871. The summed E-state index contributed by atoms with van der Waals surface area (Å²) in [6.07, 6.45) is 3.83. The molecule has 0 spiro atoms. The van der Waals surface area contributed by atoms with E-state index in [9.17, 15) is 5.11 Å². The zero-order chi connectivity index (χ0) is 27.4. The van der Waals surface area contributed by atoms with Crippen molar-refractivity contribution in [3.05, 3.63) is 72.3 Å². The van der Waals surface area contributed by atoms with Crippen LogP contribution < -0.4 is 0 Å². The zero-order valence-corrected chi connectivity index (χ0v) is 24.5. The van der Waals surface area contributed by atoms with Gasteiger partial charge >= 0.3 is 0 Å². The van der Waals surface area contributed by atoms with Crippen LogP contribution in [-0.4, -0.2) is 10.2 Å².